The number of anilines is 1. The molecule has 0 aliphatic rings. The Morgan fingerprint density at radius 1 is 1.35 bits per heavy atom. The minimum Gasteiger partial charge on any atom is -0.336 e. The number of nitrogens with zero attached hydrogens (tertiary/aromatic N) is 1. The Kier molecular flexibility index (Phi) is 4.97. The molecule has 1 aromatic rings. The zero-order valence-corrected chi connectivity index (χ0v) is 10.7. The number of amides is 1. The van der Waals surface area contributed by atoms with Gasteiger partial charge in [0.05, 0.1) is 0 Å². The second-order valence-corrected chi connectivity index (χ2v) is 4.07. The number of hydrazine groups is 1. The maximum Gasteiger partial charge on any atom is 0.254 e. The first kappa shape index (κ1) is 13.5. The van der Waals surface area contributed by atoms with Crippen LogP contribution < -0.4 is 11.3 Å². The molecule has 94 valence electrons. The van der Waals surface area contributed by atoms with Crippen LogP contribution in [0.2, 0.25) is 0 Å². The van der Waals surface area contributed by atoms with Gasteiger partial charge in [0, 0.05) is 23.8 Å². The number of carbonyl (C=O) groups is 1. The van der Waals surface area contributed by atoms with Gasteiger partial charge in [-0.25, -0.2) is 0 Å². The van der Waals surface area contributed by atoms with Crippen LogP contribution in [0.4, 0.5) is 5.69 Å². The highest BCUT2D eigenvalue weighted by Crippen LogP contribution is 2.13. The summed E-state index contributed by atoms with van der Waals surface area (Å²) < 4.78 is 0. The Balaban J connectivity index is 2.86. The summed E-state index contributed by atoms with van der Waals surface area (Å²) in [5.41, 5.74) is 4.04. The number of nitrogen functional groups attached to an aromatic ring is 1. The summed E-state index contributed by atoms with van der Waals surface area (Å²) >= 11 is 0. The third-order valence-electron chi connectivity index (χ3n) is 3.02. The van der Waals surface area contributed by atoms with Crippen LogP contribution in [0.15, 0.2) is 24.3 Å². The lowest BCUT2D eigenvalue weighted by molar-refractivity contribution is 0.0700. The molecule has 0 heterocycles. The lowest BCUT2D eigenvalue weighted by Crippen LogP contribution is -2.38. The van der Waals surface area contributed by atoms with E-state index in [1.54, 1.807) is 24.3 Å². The van der Waals surface area contributed by atoms with Crippen molar-refractivity contribution in [2.75, 3.05) is 12.0 Å². The van der Waals surface area contributed by atoms with E-state index in [1.165, 1.54) is 0 Å². The first-order chi connectivity index (χ1) is 8.13. The molecule has 0 aromatic heterocycles. The number of hydrogen-bond donors (Lipinski definition) is 2. The highest BCUT2D eigenvalue weighted by Gasteiger charge is 2.18. The third kappa shape index (κ3) is 3.20. The van der Waals surface area contributed by atoms with Crippen LogP contribution in [0.1, 0.15) is 37.6 Å². The van der Waals surface area contributed by atoms with Crippen molar-refractivity contribution in [2.24, 2.45) is 5.84 Å². The third-order valence-corrected chi connectivity index (χ3v) is 3.02. The molecule has 1 amide bonds. The van der Waals surface area contributed by atoms with Gasteiger partial charge in [0.1, 0.15) is 0 Å². The van der Waals surface area contributed by atoms with E-state index in [-0.39, 0.29) is 11.9 Å². The summed E-state index contributed by atoms with van der Waals surface area (Å²) in [7, 11) is 0. The van der Waals surface area contributed by atoms with E-state index in [1.807, 2.05) is 11.8 Å². The molecule has 1 unspecified atom stereocenters. The largest absolute Gasteiger partial charge is 0.336 e. The molecule has 4 heteroatoms. The zero-order valence-electron chi connectivity index (χ0n) is 10.7. The number of benzene rings is 1. The molecule has 4 nitrogen and oxygen atoms in total. The van der Waals surface area contributed by atoms with Crippen molar-refractivity contribution in [3.63, 3.8) is 0 Å². The molecule has 0 radical (unpaired) electrons. The lowest BCUT2D eigenvalue weighted by atomic mass is 10.1. The molecule has 0 aliphatic heterocycles. The highest BCUT2D eigenvalue weighted by molar-refractivity contribution is 5.94. The maximum absolute atomic E-state index is 12.3. The highest BCUT2D eigenvalue weighted by atomic mass is 16.2. The summed E-state index contributed by atoms with van der Waals surface area (Å²) in [6.45, 7) is 6.88. The van der Waals surface area contributed by atoms with Gasteiger partial charge in [0.2, 0.25) is 0 Å². The molecule has 1 atom stereocenters. The van der Waals surface area contributed by atoms with Gasteiger partial charge in [-0.3, -0.25) is 10.6 Å². The van der Waals surface area contributed by atoms with Crippen molar-refractivity contribution < 1.29 is 4.79 Å². The van der Waals surface area contributed by atoms with Gasteiger partial charge in [0.15, 0.2) is 0 Å². The molecule has 3 N–H and O–H groups in total. The first-order valence-corrected chi connectivity index (χ1v) is 6.01. The normalized spacial score (nSPS) is 12.0. The minimum absolute atomic E-state index is 0.0745. The van der Waals surface area contributed by atoms with E-state index in [4.69, 9.17) is 5.84 Å². The second kappa shape index (κ2) is 6.25. The van der Waals surface area contributed by atoms with Gasteiger partial charge < -0.3 is 10.3 Å². The fourth-order valence-electron chi connectivity index (χ4n) is 1.75. The summed E-state index contributed by atoms with van der Waals surface area (Å²) in [6, 6.07) is 7.46. The molecule has 0 spiro atoms. The fraction of sp³-hybridized carbons (Fsp3) is 0.462. The predicted molar refractivity (Wildman–Crippen MR) is 70.7 cm³/mol. The van der Waals surface area contributed by atoms with Crippen LogP contribution in [-0.2, 0) is 0 Å². The minimum atomic E-state index is 0.0745. The number of carbonyl (C=O) groups excluding carboxylic acids is 1. The number of hydrogen-bond acceptors (Lipinski definition) is 3. The predicted octanol–water partition coefficient (Wildman–Crippen LogP) is 2.23. The first-order valence-electron chi connectivity index (χ1n) is 6.01. The summed E-state index contributed by atoms with van der Waals surface area (Å²) in [6.07, 6.45) is 0.960. The number of rotatable bonds is 5. The van der Waals surface area contributed by atoms with E-state index in [9.17, 15) is 4.79 Å². The van der Waals surface area contributed by atoms with Gasteiger partial charge in [0.25, 0.3) is 5.91 Å². The standard InChI is InChI=1S/C13H21N3O/c1-4-10(3)16(5-2)13(17)11-6-8-12(15-14)9-7-11/h6-10,15H,4-5,14H2,1-3H3. The van der Waals surface area contributed by atoms with Crippen LogP contribution in [0.3, 0.4) is 0 Å². The van der Waals surface area contributed by atoms with Crippen LogP contribution in [0, 0.1) is 0 Å². The Bertz CT molecular complexity index is 361. The molecule has 17 heavy (non-hydrogen) atoms. The smallest absolute Gasteiger partial charge is 0.254 e. The molecular formula is C13H21N3O. The summed E-state index contributed by atoms with van der Waals surface area (Å²) in [4.78, 5) is 14.1. The van der Waals surface area contributed by atoms with E-state index in [2.05, 4.69) is 19.3 Å². The van der Waals surface area contributed by atoms with Crippen LogP contribution in [-0.4, -0.2) is 23.4 Å². The molecular weight excluding hydrogens is 214 g/mol. The van der Waals surface area contributed by atoms with Crippen molar-refractivity contribution in [1.29, 1.82) is 0 Å². The van der Waals surface area contributed by atoms with Crippen LogP contribution in [0.5, 0.6) is 0 Å². The number of nitrogens with one attached hydrogen (secondary N) is 1. The Labute approximate surface area is 103 Å². The Hall–Kier alpha value is -1.55. The lowest BCUT2D eigenvalue weighted by Gasteiger charge is -2.27. The van der Waals surface area contributed by atoms with Crippen molar-refractivity contribution in [3.8, 4) is 0 Å². The average molecular weight is 235 g/mol. The van der Waals surface area contributed by atoms with Gasteiger partial charge in [-0.2, -0.15) is 0 Å². The molecule has 0 aliphatic carbocycles. The Morgan fingerprint density at radius 2 is 1.94 bits per heavy atom. The van der Waals surface area contributed by atoms with E-state index in [0.717, 1.165) is 18.7 Å². The van der Waals surface area contributed by atoms with Crippen molar-refractivity contribution >= 4 is 11.6 Å². The molecule has 0 saturated carbocycles. The molecule has 0 bridgehead atoms. The summed E-state index contributed by atoms with van der Waals surface area (Å²) in [5.74, 6) is 5.36. The molecule has 1 aromatic carbocycles. The van der Waals surface area contributed by atoms with E-state index >= 15 is 0 Å². The van der Waals surface area contributed by atoms with Crippen molar-refractivity contribution in [2.45, 2.75) is 33.2 Å². The fourth-order valence-corrected chi connectivity index (χ4v) is 1.75. The topological polar surface area (TPSA) is 58.4 Å². The SMILES string of the molecule is CCC(C)N(CC)C(=O)c1ccc(NN)cc1. The van der Waals surface area contributed by atoms with Gasteiger partial charge in [-0.15, -0.1) is 0 Å². The maximum atomic E-state index is 12.3. The van der Waals surface area contributed by atoms with Crippen molar-refractivity contribution in [1.82, 2.24) is 4.90 Å². The zero-order chi connectivity index (χ0) is 12.8. The van der Waals surface area contributed by atoms with E-state index in [0.29, 0.717) is 5.56 Å². The average Bonchev–Trinajstić information content (AvgIpc) is 2.39. The Morgan fingerprint density at radius 3 is 2.35 bits per heavy atom. The summed E-state index contributed by atoms with van der Waals surface area (Å²) in [5, 5.41) is 0. The van der Waals surface area contributed by atoms with Gasteiger partial charge in [-0.1, -0.05) is 6.92 Å². The van der Waals surface area contributed by atoms with E-state index < -0.39 is 0 Å². The van der Waals surface area contributed by atoms with Gasteiger partial charge >= 0.3 is 0 Å². The van der Waals surface area contributed by atoms with Gasteiger partial charge in [-0.05, 0) is 44.5 Å². The quantitative estimate of drug-likeness (QED) is 0.608. The van der Waals surface area contributed by atoms with Crippen LogP contribution in [0.25, 0.3) is 0 Å². The van der Waals surface area contributed by atoms with Crippen LogP contribution >= 0.6 is 0 Å². The second-order valence-electron chi connectivity index (χ2n) is 4.07. The number of nitrogens with two attached hydrogens (primary N) is 1. The molecule has 0 saturated heterocycles. The molecule has 1 rings (SSSR count). The molecule has 0 fully saturated rings. The van der Waals surface area contributed by atoms with Crippen molar-refractivity contribution in [3.05, 3.63) is 29.8 Å². The monoisotopic (exact) mass is 235 g/mol.